The van der Waals surface area contributed by atoms with Gasteiger partial charge in [-0.25, -0.2) is 0 Å². The van der Waals surface area contributed by atoms with E-state index in [2.05, 4.69) is 5.32 Å². The molecule has 0 bridgehead atoms. The number of nitrogens with one attached hydrogen (secondary N) is 1. The quantitative estimate of drug-likeness (QED) is 0.739. The van der Waals surface area contributed by atoms with Crippen LogP contribution in [0.2, 0.25) is 0 Å². The summed E-state index contributed by atoms with van der Waals surface area (Å²) < 4.78 is 11.1. The average molecular weight is 258 g/mol. The molecule has 1 aliphatic heterocycles. The molecule has 18 heavy (non-hydrogen) atoms. The van der Waals surface area contributed by atoms with E-state index in [1.54, 1.807) is 0 Å². The van der Waals surface area contributed by atoms with Gasteiger partial charge in [-0.05, 0) is 33.1 Å². The van der Waals surface area contributed by atoms with E-state index in [0.717, 1.165) is 25.9 Å². The van der Waals surface area contributed by atoms with Crippen molar-refractivity contribution in [2.24, 2.45) is 5.73 Å². The molecule has 1 fully saturated rings. The molecular weight excluding hydrogens is 232 g/mol. The third-order valence-electron chi connectivity index (χ3n) is 3.53. The summed E-state index contributed by atoms with van der Waals surface area (Å²) >= 11 is 0. The first-order valence-electron chi connectivity index (χ1n) is 6.66. The Labute approximate surface area is 109 Å². The van der Waals surface area contributed by atoms with E-state index in [0.29, 0.717) is 13.2 Å². The first-order valence-corrected chi connectivity index (χ1v) is 6.66. The summed E-state index contributed by atoms with van der Waals surface area (Å²) in [5, 5.41) is 2.94. The molecule has 0 aliphatic carbocycles. The van der Waals surface area contributed by atoms with Crippen molar-refractivity contribution in [2.75, 3.05) is 26.4 Å². The third kappa shape index (κ3) is 4.55. The zero-order valence-corrected chi connectivity index (χ0v) is 11.8. The molecule has 0 aromatic carbocycles. The summed E-state index contributed by atoms with van der Waals surface area (Å²) in [7, 11) is 0. The van der Waals surface area contributed by atoms with Crippen LogP contribution in [0.1, 0.15) is 40.0 Å². The minimum absolute atomic E-state index is 0.0456. The van der Waals surface area contributed by atoms with E-state index in [1.165, 1.54) is 0 Å². The molecule has 1 atom stereocenters. The molecule has 1 unspecified atom stereocenters. The molecule has 0 saturated carbocycles. The van der Waals surface area contributed by atoms with Gasteiger partial charge in [0.1, 0.15) is 12.2 Å². The Hall–Kier alpha value is -0.650. The van der Waals surface area contributed by atoms with Crippen LogP contribution in [0, 0.1) is 0 Å². The maximum absolute atomic E-state index is 11.8. The highest BCUT2D eigenvalue weighted by Crippen LogP contribution is 2.22. The van der Waals surface area contributed by atoms with E-state index in [9.17, 15) is 4.79 Å². The fourth-order valence-electron chi connectivity index (χ4n) is 1.88. The van der Waals surface area contributed by atoms with Gasteiger partial charge in [0.25, 0.3) is 0 Å². The summed E-state index contributed by atoms with van der Waals surface area (Å²) in [5.41, 5.74) is 5.07. The van der Waals surface area contributed by atoms with Crippen LogP contribution in [0.3, 0.4) is 0 Å². The zero-order chi connectivity index (χ0) is 13.6. The van der Waals surface area contributed by atoms with Crippen LogP contribution < -0.4 is 11.1 Å². The lowest BCUT2D eigenvalue weighted by atomic mass is 9.96. The van der Waals surface area contributed by atoms with Gasteiger partial charge in [-0.15, -0.1) is 0 Å². The third-order valence-corrected chi connectivity index (χ3v) is 3.53. The van der Waals surface area contributed by atoms with Crippen molar-refractivity contribution < 1.29 is 14.3 Å². The molecule has 1 saturated heterocycles. The maximum Gasteiger partial charge on any atom is 0.246 e. The molecule has 1 heterocycles. The van der Waals surface area contributed by atoms with Crippen LogP contribution in [0.4, 0.5) is 0 Å². The molecule has 5 heteroatoms. The highest BCUT2D eigenvalue weighted by molar-refractivity contribution is 5.78. The second-order valence-corrected chi connectivity index (χ2v) is 5.62. The Bertz CT molecular complexity index is 273. The van der Waals surface area contributed by atoms with Crippen molar-refractivity contribution in [3.63, 3.8) is 0 Å². The first kappa shape index (κ1) is 15.4. The summed E-state index contributed by atoms with van der Waals surface area (Å²) in [6.07, 6.45) is 2.66. The first-order chi connectivity index (χ1) is 8.43. The number of rotatable bonds is 6. The number of carbonyl (C=O) groups is 1. The largest absolute Gasteiger partial charge is 0.378 e. The molecule has 0 radical (unpaired) electrons. The van der Waals surface area contributed by atoms with Crippen LogP contribution in [0.15, 0.2) is 0 Å². The van der Waals surface area contributed by atoms with Crippen LogP contribution in [0.25, 0.3) is 0 Å². The van der Waals surface area contributed by atoms with Crippen molar-refractivity contribution in [3.8, 4) is 0 Å². The fourth-order valence-corrected chi connectivity index (χ4v) is 1.88. The molecule has 1 rings (SSSR count). The van der Waals surface area contributed by atoms with Crippen molar-refractivity contribution in [3.05, 3.63) is 0 Å². The minimum atomic E-state index is -0.480. The molecule has 0 spiro atoms. The lowest BCUT2D eigenvalue weighted by Crippen LogP contribution is -2.51. The fraction of sp³-hybridized carbons (Fsp3) is 0.923. The van der Waals surface area contributed by atoms with Gasteiger partial charge in [-0.1, -0.05) is 6.92 Å². The highest BCUT2D eigenvalue weighted by Gasteiger charge is 2.33. The monoisotopic (exact) mass is 258 g/mol. The Morgan fingerprint density at radius 3 is 2.78 bits per heavy atom. The maximum atomic E-state index is 11.8. The van der Waals surface area contributed by atoms with Crippen LogP contribution >= 0.6 is 0 Å². The lowest BCUT2D eigenvalue weighted by Gasteiger charge is -2.36. The van der Waals surface area contributed by atoms with E-state index < -0.39 is 5.60 Å². The van der Waals surface area contributed by atoms with E-state index in [-0.39, 0.29) is 18.1 Å². The van der Waals surface area contributed by atoms with Crippen molar-refractivity contribution in [2.45, 2.75) is 51.2 Å². The predicted octanol–water partition coefficient (Wildman–Crippen LogP) is 0.816. The summed E-state index contributed by atoms with van der Waals surface area (Å²) in [6.45, 7) is 7.69. The molecule has 3 N–H and O–H groups in total. The van der Waals surface area contributed by atoms with Crippen LogP contribution in [-0.2, 0) is 14.3 Å². The topological polar surface area (TPSA) is 73.6 Å². The lowest BCUT2D eigenvalue weighted by molar-refractivity contribution is -0.148. The molecular formula is C13H26N2O3. The van der Waals surface area contributed by atoms with Crippen molar-refractivity contribution >= 4 is 5.91 Å². The molecule has 0 aromatic heterocycles. The van der Waals surface area contributed by atoms with E-state index in [4.69, 9.17) is 15.2 Å². The summed E-state index contributed by atoms with van der Waals surface area (Å²) in [4.78, 5) is 11.8. The van der Waals surface area contributed by atoms with Crippen LogP contribution in [-0.4, -0.2) is 43.4 Å². The second-order valence-electron chi connectivity index (χ2n) is 5.62. The Kier molecular flexibility index (Phi) is 5.56. The van der Waals surface area contributed by atoms with E-state index >= 15 is 0 Å². The van der Waals surface area contributed by atoms with E-state index in [1.807, 2.05) is 20.8 Å². The van der Waals surface area contributed by atoms with Gasteiger partial charge in [0.2, 0.25) is 5.91 Å². The SMILES string of the molecule is CCC(C)(C)NC(=O)COC1(CN)CCCOC1. The molecule has 5 nitrogen and oxygen atoms in total. The number of hydrogen-bond donors (Lipinski definition) is 2. The Morgan fingerprint density at radius 2 is 2.28 bits per heavy atom. The van der Waals surface area contributed by atoms with Gasteiger partial charge in [0.05, 0.1) is 6.61 Å². The van der Waals surface area contributed by atoms with Crippen molar-refractivity contribution in [1.29, 1.82) is 0 Å². The standard InChI is InChI=1S/C13H26N2O3/c1-4-12(2,3)15-11(16)8-18-13(9-14)6-5-7-17-10-13/h4-10,14H2,1-3H3,(H,15,16). The number of carbonyl (C=O) groups excluding carboxylic acids is 1. The number of nitrogens with two attached hydrogens (primary N) is 1. The van der Waals surface area contributed by atoms with Gasteiger partial charge in [0.15, 0.2) is 0 Å². The number of amides is 1. The Balaban J connectivity index is 2.40. The summed E-state index contributed by atoms with van der Waals surface area (Å²) in [5.74, 6) is -0.0970. The Morgan fingerprint density at radius 1 is 1.56 bits per heavy atom. The smallest absolute Gasteiger partial charge is 0.246 e. The van der Waals surface area contributed by atoms with Gasteiger partial charge in [-0.3, -0.25) is 4.79 Å². The van der Waals surface area contributed by atoms with Gasteiger partial charge < -0.3 is 20.5 Å². The van der Waals surface area contributed by atoms with Gasteiger partial charge in [0, 0.05) is 18.7 Å². The normalized spacial score (nSPS) is 24.9. The molecule has 1 aliphatic rings. The molecule has 106 valence electrons. The zero-order valence-electron chi connectivity index (χ0n) is 11.8. The van der Waals surface area contributed by atoms with Gasteiger partial charge >= 0.3 is 0 Å². The molecule has 0 aromatic rings. The second kappa shape index (κ2) is 6.50. The average Bonchev–Trinajstić information content (AvgIpc) is 2.37. The molecule has 1 amide bonds. The number of ether oxygens (including phenoxy) is 2. The number of hydrogen-bond acceptors (Lipinski definition) is 4. The highest BCUT2D eigenvalue weighted by atomic mass is 16.5. The minimum Gasteiger partial charge on any atom is -0.378 e. The van der Waals surface area contributed by atoms with Gasteiger partial charge in [-0.2, -0.15) is 0 Å². The summed E-state index contributed by atoms with van der Waals surface area (Å²) in [6, 6.07) is 0. The van der Waals surface area contributed by atoms with Crippen LogP contribution in [0.5, 0.6) is 0 Å². The predicted molar refractivity (Wildman–Crippen MR) is 70.3 cm³/mol. The van der Waals surface area contributed by atoms with Crippen molar-refractivity contribution in [1.82, 2.24) is 5.32 Å².